The van der Waals surface area contributed by atoms with Crippen molar-refractivity contribution in [2.24, 2.45) is 0 Å². The van der Waals surface area contributed by atoms with Gasteiger partial charge in [-0.15, -0.1) is 5.10 Å². The fraction of sp³-hybridized carbons (Fsp3) is 0.231. The van der Waals surface area contributed by atoms with Gasteiger partial charge in [0.25, 0.3) is 0 Å². The van der Waals surface area contributed by atoms with Gasteiger partial charge in [0, 0.05) is 0 Å². The molecule has 8 heteroatoms. The van der Waals surface area contributed by atoms with Crippen molar-refractivity contribution in [3.05, 3.63) is 36.0 Å². The van der Waals surface area contributed by atoms with E-state index >= 15 is 0 Å². The number of rotatable bonds is 6. The smallest absolute Gasteiger partial charge is 0.325 e. The van der Waals surface area contributed by atoms with Crippen LogP contribution < -0.4 is 10.1 Å². The van der Waals surface area contributed by atoms with Crippen LogP contribution in [0, 0.1) is 0 Å². The van der Waals surface area contributed by atoms with Gasteiger partial charge in [-0.3, -0.25) is 9.59 Å². The maximum Gasteiger partial charge on any atom is 0.325 e. The molecule has 0 spiro atoms. The summed E-state index contributed by atoms with van der Waals surface area (Å²) >= 11 is 0. The monoisotopic (exact) mass is 290 g/mol. The number of methoxy groups -OCH3 is 1. The third kappa shape index (κ3) is 4.30. The molecule has 0 aliphatic heterocycles. The number of nitrogens with zero attached hydrogens (tertiary/aromatic N) is 3. The summed E-state index contributed by atoms with van der Waals surface area (Å²) in [7, 11) is 1.56. The lowest BCUT2D eigenvalue weighted by molar-refractivity contribution is -0.137. The van der Waals surface area contributed by atoms with Crippen LogP contribution in [0.4, 0.5) is 5.82 Å². The SMILES string of the molecule is COc1cccc(CC(=O)Nc2cn(CC(=O)O)nn2)c1. The number of aliphatic carboxylic acids is 1. The number of anilines is 1. The minimum Gasteiger partial charge on any atom is -0.497 e. The second-order valence-electron chi connectivity index (χ2n) is 4.27. The molecule has 1 aromatic carbocycles. The lowest BCUT2D eigenvalue weighted by Crippen LogP contribution is -2.14. The quantitative estimate of drug-likeness (QED) is 0.804. The zero-order valence-corrected chi connectivity index (χ0v) is 11.3. The average Bonchev–Trinajstić information content (AvgIpc) is 2.85. The Hall–Kier alpha value is -2.90. The first-order valence-corrected chi connectivity index (χ1v) is 6.11. The van der Waals surface area contributed by atoms with Crippen molar-refractivity contribution in [3.63, 3.8) is 0 Å². The summed E-state index contributed by atoms with van der Waals surface area (Å²) in [5.41, 5.74) is 0.796. The van der Waals surface area contributed by atoms with E-state index in [1.807, 2.05) is 6.07 Å². The summed E-state index contributed by atoms with van der Waals surface area (Å²) < 4.78 is 6.21. The first kappa shape index (κ1) is 14.5. The van der Waals surface area contributed by atoms with Crippen LogP contribution in [-0.2, 0) is 22.6 Å². The van der Waals surface area contributed by atoms with E-state index < -0.39 is 5.97 Å². The van der Waals surface area contributed by atoms with E-state index in [1.165, 1.54) is 6.20 Å². The average molecular weight is 290 g/mol. The molecule has 2 aromatic rings. The zero-order valence-electron chi connectivity index (χ0n) is 11.3. The highest BCUT2D eigenvalue weighted by Crippen LogP contribution is 2.13. The van der Waals surface area contributed by atoms with Crippen LogP contribution in [0.25, 0.3) is 0 Å². The van der Waals surface area contributed by atoms with E-state index in [2.05, 4.69) is 15.6 Å². The second kappa shape index (κ2) is 6.51. The molecule has 0 aliphatic carbocycles. The summed E-state index contributed by atoms with van der Waals surface area (Å²) in [6, 6.07) is 7.16. The molecule has 0 radical (unpaired) electrons. The van der Waals surface area contributed by atoms with E-state index in [0.717, 1.165) is 10.2 Å². The zero-order chi connectivity index (χ0) is 15.2. The molecule has 1 amide bonds. The topological polar surface area (TPSA) is 106 Å². The van der Waals surface area contributed by atoms with Crippen LogP contribution in [0.15, 0.2) is 30.5 Å². The van der Waals surface area contributed by atoms with Gasteiger partial charge in [-0.2, -0.15) is 0 Å². The molecular formula is C13H14N4O4. The number of carboxylic acids is 1. The largest absolute Gasteiger partial charge is 0.497 e. The second-order valence-corrected chi connectivity index (χ2v) is 4.27. The van der Waals surface area contributed by atoms with E-state index in [4.69, 9.17) is 9.84 Å². The Labute approximate surface area is 120 Å². The van der Waals surface area contributed by atoms with Crippen LogP contribution in [0.1, 0.15) is 5.56 Å². The number of hydrogen-bond acceptors (Lipinski definition) is 5. The normalized spacial score (nSPS) is 10.1. The van der Waals surface area contributed by atoms with Gasteiger partial charge in [0.2, 0.25) is 5.91 Å². The Balaban J connectivity index is 1.94. The molecule has 1 heterocycles. The first-order chi connectivity index (χ1) is 10.1. The van der Waals surface area contributed by atoms with Gasteiger partial charge in [-0.25, -0.2) is 4.68 Å². The first-order valence-electron chi connectivity index (χ1n) is 6.11. The maximum atomic E-state index is 11.9. The molecule has 1 aromatic heterocycles. The number of carbonyl (C=O) groups excluding carboxylic acids is 1. The molecule has 0 atom stereocenters. The number of hydrogen-bond donors (Lipinski definition) is 2. The van der Waals surface area contributed by atoms with Gasteiger partial charge in [0.1, 0.15) is 12.3 Å². The molecule has 0 saturated carbocycles. The minimum atomic E-state index is -1.03. The summed E-state index contributed by atoms with van der Waals surface area (Å²) in [5.74, 6) is -0.420. The summed E-state index contributed by atoms with van der Waals surface area (Å²) in [4.78, 5) is 22.4. The molecular weight excluding hydrogens is 276 g/mol. The van der Waals surface area contributed by atoms with Crippen LogP contribution in [0.3, 0.4) is 0 Å². The molecule has 110 valence electrons. The molecule has 8 nitrogen and oxygen atoms in total. The summed E-state index contributed by atoms with van der Waals surface area (Å²) in [6.45, 7) is -0.307. The van der Waals surface area contributed by atoms with Crippen LogP contribution in [0.2, 0.25) is 0 Å². The molecule has 0 aliphatic rings. The number of nitrogens with one attached hydrogen (secondary N) is 1. The summed E-state index contributed by atoms with van der Waals surface area (Å²) in [5, 5.41) is 18.4. The highest BCUT2D eigenvalue weighted by atomic mass is 16.5. The molecule has 2 rings (SSSR count). The molecule has 2 N–H and O–H groups in total. The van der Waals surface area contributed by atoms with Crippen LogP contribution in [0.5, 0.6) is 5.75 Å². The Bertz CT molecular complexity index is 653. The summed E-state index contributed by atoms with van der Waals surface area (Å²) in [6.07, 6.45) is 1.51. The van der Waals surface area contributed by atoms with Crippen LogP contribution >= 0.6 is 0 Å². The van der Waals surface area contributed by atoms with E-state index in [-0.39, 0.29) is 24.7 Å². The third-order valence-corrected chi connectivity index (χ3v) is 2.60. The van der Waals surface area contributed by atoms with Crippen molar-refractivity contribution in [1.29, 1.82) is 0 Å². The predicted octanol–water partition coefficient (Wildman–Crippen LogP) is 0.552. The van der Waals surface area contributed by atoms with E-state index in [0.29, 0.717) is 5.75 Å². The lowest BCUT2D eigenvalue weighted by atomic mass is 10.1. The van der Waals surface area contributed by atoms with Crippen molar-refractivity contribution < 1.29 is 19.4 Å². The molecule has 0 bridgehead atoms. The number of carboxylic acid groups (broad SMARTS) is 1. The molecule has 0 saturated heterocycles. The van der Waals surface area contributed by atoms with Gasteiger partial charge in [0.05, 0.1) is 19.7 Å². The molecule has 21 heavy (non-hydrogen) atoms. The van der Waals surface area contributed by atoms with Crippen molar-refractivity contribution in [2.75, 3.05) is 12.4 Å². The highest BCUT2D eigenvalue weighted by Gasteiger charge is 2.09. The Kier molecular flexibility index (Phi) is 4.50. The third-order valence-electron chi connectivity index (χ3n) is 2.60. The van der Waals surface area contributed by atoms with Crippen molar-refractivity contribution in [2.45, 2.75) is 13.0 Å². The Morgan fingerprint density at radius 3 is 2.95 bits per heavy atom. The number of ether oxygens (including phenoxy) is 1. The van der Waals surface area contributed by atoms with Crippen molar-refractivity contribution in [1.82, 2.24) is 15.0 Å². The van der Waals surface area contributed by atoms with Gasteiger partial charge in [-0.05, 0) is 17.7 Å². The molecule has 0 fully saturated rings. The lowest BCUT2D eigenvalue weighted by Gasteiger charge is -2.04. The maximum absolute atomic E-state index is 11.9. The number of amides is 1. The van der Waals surface area contributed by atoms with Gasteiger partial charge in [0.15, 0.2) is 5.82 Å². The fourth-order valence-corrected chi connectivity index (χ4v) is 1.73. The number of benzene rings is 1. The van der Waals surface area contributed by atoms with Gasteiger partial charge >= 0.3 is 5.97 Å². The standard InChI is InChI=1S/C13H14N4O4/c1-21-10-4-2-3-9(5-10)6-12(18)14-11-7-17(16-15-11)8-13(19)20/h2-5,7H,6,8H2,1H3,(H,14,18)(H,19,20). The van der Waals surface area contributed by atoms with E-state index in [1.54, 1.807) is 25.3 Å². The van der Waals surface area contributed by atoms with Gasteiger partial charge < -0.3 is 15.2 Å². The number of carbonyl (C=O) groups is 2. The molecule has 0 unspecified atom stereocenters. The van der Waals surface area contributed by atoms with Crippen LogP contribution in [-0.4, -0.2) is 39.1 Å². The van der Waals surface area contributed by atoms with Crippen molar-refractivity contribution in [3.8, 4) is 5.75 Å². The number of aromatic nitrogens is 3. The van der Waals surface area contributed by atoms with Crippen molar-refractivity contribution >= 4 is 17.7 Å². The van der Waals surface area contributed by atoms with E-state index in [9.17, 15) is 9.59 Å². The highest BCUT2D eigenvalue weighted by molar-refractivity contribution is 5.91. The minimum absolute atomic E-state index is 0.156. The van der Waals surface area contributed by atoms with Gasteiger partial charge in [-0.1, -0.05) is 17.3 Å². The Morgan fingerprint density at radius 1 is 1.43 bits per heavy atom. The predicted molar refractivity (Wildman–Crippen MR) is 73.0 cm³/mol. The fourth-order valence-electron chi connectivity index (χ4n) is 1.73. The Morgan fingerprint density at radius 2 is 2.24 bits per heavy atom.